The zero-order chi connectivity index (χ0) is 20.1. The van der Waals surface area contributed by atoms with Crippen molar-refractivity contribution in [2.75, 3.05) is 19.0 Å². The van der Waals surface area contributed by atoms with E-state index in [2.05, 4.69) is 5.32 Å². The van der Waals surface area contributed by atoms with Crippen molar-refractivity contribution in [1.82, 2.24) is 5.32 Å². The highest BCUT2D eigenvalue weighted by molar-refractivity contribution is 8.00. The van der Waals surface area contributed by atoms with E-state index in [9.17, 15) is 9.18 Å². The molecule has 1 atom stereocenters. The van der Waals surface area contributed by atoms with Gasteiger partial charge in [0, 0.05) is 16.2 Å². The second-order valence-corrected chi connectivity index (χ2v) is 8.54. The zero-order valence-corrected chi connectivity index (χ0v) is 17.2. The van der Waals surface area contributed by atoms with Crippen LogP contribution in [0.2, 0.25) is 0 Å². The Labute approximate surface area is 177 Å². The van der Waals surface area contributed by atoms with Crippen LogP contribution >= 0.6 is 23.1 Å². The summed E-state index contributed by atoms with van der Waals surface area (Å²) in [5.74, 6) is 1.34. The molecule has 3 aromatic rings. The molecule has 0 aliphatic carbocycles. The number of thiophene rings is 1. The molecule has 1 amide bonds. The van der Waals surface area contributed by atoms with Crippen LogP contribution in [0, 0.1) is 5.82 Å². The molecule has 1 aliphatic heterocycles. The van der Waals surface area contributed by atoms with Gasteiger partial charge in [0.1, 0.15) is 5.82 Å². The highest BCUT2D eigenvalue weighted by Gasteiger charge is 2.18. The van der Waals surface area contributed by atoms with Crippen LogP contribution in [0.4, 0.5) is 4.39 Å². The first-order chi connectivity index (χ1) is 14.2. The number of halogens is 1. The topological polar surface area (TPSA) is 47.6 Å². The number of hydrogen-bond donors (Lipinski definition) is 1. The van der Waals surface area contributed by atoms with Gasteiger partial charge in [-0.2, -0.15) is 0 Å². The molecule has 0 saturated carbocycles. The smallest absolute Gasteiger partial charge is 0.231 e. The Morgan fingerprint density at radius 2 is 1.90 bits per heavy atom. The van der Waals surface area contributed by atoms with Crippen molar-refractivity contribution in [3.63, 3.8) is 0 Å². The van der Waals surface area contributed by atoms with E-state index in [4.69, 9.17) is 9.47 Å². The molecule has 1 aromatic heterocycles. The fourth-order valence-electron chi connectivity index (χ4n) is 3.01. The van der Waals surface area contributed by atoms with Crippen LogP contribution in [0.15, 0.2) is 64.9 Å². The Bertz CT molecular complexity index is 961. The second-order valence-electron chi connectivity index (χ2n) is 6.52. The van der Waals surface area contributed by atoms with Gasteiger partial charge in [-0.3, -0.25) is 4.79 Å². The van der Waals surface area contributed by atoms with Crippen molar-refractivity contribution in [3.8, 4) is 11.5 Å². The van der Waals surface area contributed by atoms with Crippen molar-refractivity contribution >= 4 is 29.0 Å². The summed E-state index contributed by atoms with van der Waals surface area (Å²) in [7, 11) is 0. The Morgan fingerprint density at radius 1 is 1.10 bits per heavy atom. The van der Waals surface area contributed by atoms with Gasteiger partial charge in [-0.15, -0.1) is 23.1 Å². The van der Waals surface area contributed by atoms with Gasteiger partial charge < -0.3 is 14.8 Å². The highest BCUT2D eigenvalue weighted by Crippen LogP contribution is 2.34. The molecule has 1 N–H and O–H groups in total. The molecule has 0 saturated heterocycles. The average molecular weight is 430 g/mol. The van der Waals surface area contributed by atoms with Crippen molar-refractivity contribution < 1.29 is 18.7 Å². The fourth-order valence-corrected chi connectivity index (χ4v) is 4.55. The first-order valence-electron chi connectivity index (χ1n) is 9.30. The lowest BCUT2D eigenvalue weighted by atomic mass is 10.1. The van der Waals surface area contributed by atoms with Crippen LogP contribution in [-0.4, -0.2) is 24.9 Å². The minimum Gasteiger partial charge on any atom is -0.490 e. The van der Waals surface area contributed by atoms with Gasteiger partial charge in [0.25, 0.3) is 0 Å². The molecule has 4 rings (SSSR count). The quantitative estimate of drug-likeness (QED) is 0.558. The van der Waals surface area contributed by atoms with E-state index in [0.29, 0.717) is 13.2 Å². The van der Waals surface area contributed by atoms with E-state index in [1.807, 2.05) is 35.7 Å². The number of benzene rings is 2. The number of nitrogens with one attached hydrogen (secondary N) is 1. The Kier molecular flexibility index (Phi) is 6.36. The third-order valence-electron chi connectivity index (χ3n) is 4.43. The molecule has 0 bridgehead atoms. The van der Waals surface area contributed by atoms with Gasteiger partial charge in [0.2, 0.25) is 5.91 Å². The average Bonchev–Trinajstić information content (AvgIpc) is 3.16. The van der Waals surface area contributed by atoms with Crippen LogP contribution in [0.5, 0.6) is 11.5 Å². The summed E-state index contributed by atoms with van der Waals surface area (Å²) in [5, 5.41) is 5.03. The predicted octanol–water partition coefficient (Wildman–Crippen LogP) is 5.05. The third-order valence-corrected chi connectivity index (χ3v) is 6.36. The van der Waals surface area contributed by atoms with Gasteiger partial charge in [-0.1, -0.05) is 18.2 Å². The molecule has 0 unspecified atom stereocenters. The van der Waals surface area contributed by atoms with Gasteiger partial charge in [0.05, 0.1) is 25.0 Å². The number of carbonyl (C=O) groups excluding carboxylic acids is 1. The van der Waals surface area contributed by atoms with Crippen molar-refractivity contribution in [1.29, 1.82) is 0 Å². The Hall–Kier alpha value is -2.51. The third kappa shape index (κ3) is 5.10. The maximum Gasteiger partial charge on any atom is 0.231 e. The molecule has 0 spiro atoms. The molecule has 2 heterocycles. The van der Waals surface area contributed by atoms with Gasteiger partial charge in [-0.05, 0) is 47.3 Å². The van der Waals surface area contributed by atoms with Crippen LogP contribution in [0.3, 0.4) is 0 Å². The van der Waals surface area contributed by atoms with E-state index in [-0.39, 0.29) is 23.5 Å². The molecular weight excluding hydrogens is 409 g/mol. The summed E-state index contributed by atoms with van der Waals surface area (Å²) in [6.45, 7) is 1.27. The van der Waals surface area contributed by atoms with E-state index >= 15 is 0 Å². The van der Waals surface area contributed by atoms with E-state index in [0.717, 1.165) is 33.3 Å². The van der Waals surface area contributed by atoms with E-state index < -0.39 is 0 Å². The summed E-state index contributed by atoms with van der Waals surface area (Å²) in [6.07, 6.45) is 0.854. The molecule has 0 radical (unpaired) electrons. The van der Waals surface area contributed by atoms with Crippen molar-refractivity contribution in [3.05, 3.63) is 76.2 Å². The Morgan fingerprint density at radius 3 is 2.66 bits per heavy atom. The summed E-state index contributed by atoms with van der Waals surface area (Å²) in [6, 6.07) is 15.6. The van der Waals surface area contributed by atoms with Crippen LogP contribution in [0.25, 0.3) is 0 Å². The summed E-state index contributed by atoms with van der Waals surface area (Å²) in [5.41, 5.74) is 0.850. The van der Waals surface area contributed by atoms with Crippen LogP contribution in [0.1, 0.15) is 22.9 Å². The van der Waals surface area contributed by atoms with Gasteiger partial charge in [-0.25, -0.2) is 4.39 Å². The molecule has 1 aliphatic rings. The largest absolute Gasteiger partial charge is 0.490 e. The van der Waals surface area contributed by atoms with Crippen molar-refractivity contribution in [2.45, 2.75) is 17.4 Å². The van der Waals surface area contributed by atoms with Gasteiger partial charge >= 0.3 is 0 Å². The standard InChI is InChI=1S/C22H20FNO3S2/c23-16-6-4-15(5-7-16)22(20-3-1-12-28-20)24-21(25)14-29-17-8-9-18-19(13-17)27-11-2-10-26-18/h1,3-9,12-13,22H,2,10-11,14H2,(H,24,25)/t22-/m0/s1. The van der Waals surface area contributed by atoms with Crippen LogP contribution in [-0.2, 0) is 4.79 Å². The van der Waals surface area contributed by atoms with Gasteiger partial charge in [0.15, 0.2) is 11.5 Å². The number of ether oxygens (including phenoxy) is 2. The maximum atomic E-state index is 13.3. The molecule has 7 heteroatoms. The normalized spacial score (nSPS) is 14.1. The number of rotatable bonds is 6. The fraction of sp³-hybridized carbons (Fsp3) is 0.227. The molecule has 150 valence electrons. The number of thioether (sulfide) groups is 1. The number of carbonyl (C=O) groups is 1. The van der Waals surface area contributed by atoms with E-state index in [1.54, 1.807) is 23.5 Å². The molecule has 29 heavy (non-hydrogen) atoms. The minimum atomic E-state index is -0.299. The predicted molar refractivity (Wildman–Crippen MR) is 113 cm³/mol. The first-order valence-corrected chi connectivity index (χ1v) is 11.2. The number of fused-ring (bicyclic) bond motifs is 1. The number of hydrogen-bond acceptors (Lipinski definition) is 5. The lowest BCUT2D eigenvalue weighted by Crippen LogP contribution is -2.30. The lowest BCUT2D eigenvalue weighted by molar-refractivity contribution is -0.119. The zero-order valence-electron chi connectivity index (χ0n) is 15.6. The highest BCUT2D eigenvalue weighted by atomic mass is 32.2. The lowest BCUT2D eigenvalue weighted by Gasteiger charge is -2.18. The minimum absolute atomic E-state index is 0.0927. The Balaban J connectivity index is 1.42. The molecule has 4 nitrogen and oxygen atoms in total. The molecule has 2 aromatic carbocycles. The summed E-state index contributed by atoms with van der Waals surface area (Å²) >= 11 is 3.00. The second kappa shape index (κ2) is 9.33. The summed E-state index contributed by atoms with van der Waals surface area (Å²) < 4.78 is 24.7. The SMILES string of the molecule is O=C(CSc1ccc2c(c1)OCCCO2)N[C@@H](c1ccc(F)cc1)c1cccs1. The molecular formula is C22H20FNO3S2. The molecule has 0 fully saturated rings. The van der Waals surface area contributed by atoms with E-state index in [1.165, 1.54) is 23.9 Å². The van der Waals surface area contributed by atoms with Crippen LogP contribution < -0.4 is 14.8 Å². The first kappa shape index (κ1) is 19.8. The summed E-state index contributed by atoms with van der Waals surface area (Å²) in [4.78, 5) is 14.6. The maximum absolute atomic E-state index is 13.3. The van der Waals surface area contributed by atoms with Crippen molar-refractivity contribution in [2.24, 2.45) is 0 Å². The monoisotopic (exact) mass is 429 g/mol. The number of amides is 1.